The van der Waals surface area contributed by atoms with Crippen molar-refractivity contribution in [2.24, 2.45) is 0 Å². The van der Waals surface area contributed by atoms with E-state index < -0.39 is 0 Å². The summed E-state index contributed by atoms with van der Waals surface area (Å²) < 4.78 is 25.4. The number of aromatic nitrogens is 1. The summed E-state index contributed by atoms with van der Waals surface area (Å²) in [6.45, 7) is 2.71. The summed E-state index contributed by atoms with van der Waals surface area (Å²) in [6, 6.07) is 26.7. The molecule has 0 fully saturated rings. The van der Waals surface area contributed by atoms with Gasteiger partial charge in [-0.05, 0) is 66.1 Å². The third kappa shape index (κ3) is 4.90. The second-order valence-electron chi connectivity index (χ2n) is 8.87. The fourth-order valence-corrected chi connectivity index (χ4v) is 5.02. The van der Waals surface area contributed by atoms with Gasteiger partial charge in [0.1, 0.15) is 11.5 Å². The fraction of sp³-hybridized carbons (Fsp3) is 0.267. The van der Waals surface area contributed by atoms with Crippen LogP contribution in [0.2, 0.25) is 0 Å². The number of methoxy groups -OCH3 is 3. The highest BCUT2D eigenvalue weighted by atomic mass is 16.5. The molecule has 0 N–H and O–H groups in total. The minimum Gasteiger partial charge on any atom is -0.493 e. The Labute approximate surface area is 212 Å². The second kappa shape index (κ2) is 10.8. The zero-order valence-electron chi connectivity index (χ0n) is 21.0. The Balaban J connectivity index is 1.51. The van der Waals surface area contributed by atoms with Gasteiger partial charge in [-0.3, -0.25) is 4.90 Å². The van der Waals surface area contributed by atoms with Crippen molar-refractivity contribution in [2.75, 3.05) is 27.9 Å². The maximum atomic E-state index is 6.10. The Morgan fingerprint density at radius 2 is 1.50 bits per heavy atom. The first kappa shape index (κ1) is 23.8. The van der Waals surface area contributed by atoms with Crippen molar-refractivity contribution in [1.29, 1.82) is 0 Å². The lowest BCUT2D eigenvalue weighted by molar-refractivity contribution is 0.219. The molecule has 0 spiro atoms. The summed E-state index contributed by atoms with van der Waals surface area (Å²) in [5.41, 5.74) is 3.54. The van der Waals surface area contributed by atoms with Gasteiger partial charge in [0.05, 0.1) is 27.4 Å². The number of hydrogen-bond acceptors (Lipinski definition) is 5. The summed E-state index contributed by atoms with van der Waals surface area (Å²) in [4.78, 5) is 2.52. The average molecular weight is 485 g/mol. The highest BCUT2D eigenvalue weighted by molar-refractivity contribution is 5.55. The third-order valence-electron chi connectivity index (χ3n) is 6.62. The van der Waals surface area contributed by atoms with Crippen LogP contribution in [0, 0.1) is 0 Å². The predicted molar refractivity (Wildman–Crippen MR) is 140 cm³/mol. The molecule has 0 saturated carbocycles. The van der Waals surface area contributed by atoms with Gasteiger partial charge in [0.2, 0.25) is 5.75 Å². The summed E-state index contributed by atoms with van der Waals surface area (Å²) in [7, 11) is 4.95. The lowest BCUT2D eigenvalue weighted by Crippen LogP contribution is -2.29. The highest BCUT2D eigenvalue weighted by Crippen LogP contribution is 2.43. The number of hydrogen-bond donors (Lipinski definition) is 0. The Morgan fingerprint density at radius 3 is 2.22 bits per heavy atom. The number of aryl methyl sites for hydroxylation is 1. The van der Waals surface area contributed by atoms with Crippen LogP contribution < -0.4 is 18.9 Å². The van der Waals surface area contributed by atoms with E-state index in [9.17, 15) is 0 Å². The molecule has 0 radical (unpaired) electrons. The summed E-state index contributed by atoms with van der Waals surface area (Å²) in [5, 5.41) is 0. The van der Waals surface area contributed by atoms with E-state index in [0.717, 1.165) is 43.1 Å². The van der Waals surface area contributed by atoms with Crippen LogP contribution in [-0.2, 0) is 13.1 Å². The third-order valence-corrected chi connectivity index (χ3v) is 6.62. The van der Waals surface area contributed by atoms with Gasteiger partial charge in [0, 0.05) is 31.5 Å². The number of rotatable bonds is 8. The molecule has 0 saturated heterocycles. The first-order valence-corrected chi connectivity index (χ1v) is 12.2. The maximum Gasteiger partial charge on any atom is 0.203 e. The van der Waals surface area contributed by atoms with E-state index in [1.807, 2.05) is 36.4 Å². The van der Waals surface area contributed by atoms with Crippen LogP contribution in [0.5, 0.6) is 28.7 Å². The molecule has 186 valence electrons. The molecule has 1 atom stereocenters. The quantitative estimate of drug-likeness (QED) is 0.294. The SMILES string of the molecule is COc1cc([C@H]2c3cccn3CCCN2Cc2cccc(Oc3ccccc3)c2)cc(OC)c1OC. The van der Waals surface area contributed by atoms with Crippen LogP contribution in [0.15, 0.2) is 85.1 Å². The second-order valence-corrected chi connectivity index (χ2v) is 8.87. The molecule has 5 rings (SSSR count). The summed E-state index contributed by atoms with van der Waals surface area (Å²) in [5.74, 6) is 3.59. The highest BCUT2D eigenvalue weighted by Gasteiger charge is 2.29. The van der Waals surface area contributed by atoms with Crippen molar-refractivity contribution in [1.82, 2.24) is 9.47 Å². The largest absolute Gasteiger partial charge is 0.493 e. The monoisotopic (exact) mass is 484 g/mol. The lowest BCUT2D eigenvalue weighted by Gasteiger charge is -2.31. The molecule has 6 heteroatoms. The van der Waals surface area contributed by atoms with Gasteiger partial charge in [-0.1, -0.05) is 30.3 Å². The van der Waals surface area contributed by atoms with Gasteiger partial charge in [-0.2, -0.15) is 0 Å². The zero-order valence-corrected chi connectivity index (χ0v) is 21.0. The van der Waals surface area contributed by atoms with Crippen LogP contribution in [-0.4, -0.2) is 37.3 Å². The Morgan fingerprint density at radius 1 is 0.750 bits per heavy atom. The standard InChI is InChI=1S/C30H32N2O4/c1-33-27-19-23(20-28(34-2)30(27)35-3)29-26-14-8-15-31(26)16-9-17-32(29)21-22-10-7-13-25(18-22)36-24-11-5-4-6-12-24/h4-8,10-15,18-20,29H,9,16-17,21H2,1-3H3/t29-/m0/s1. The molecule has 6 nitrogen and oxygen atoms in total. The molecule has 2 heterocycles. The lowest BCUT2D eigenvalue weighted by atomic mass is 9.99. The van der Waals surface area contributed by atoms with Gasteiger partial charge >= 0.3 is 0 Å². The molecule has 1 aliphatic heterocycles. The van der Waals surface area contributed by atoms with Gasteiger partial charge in [0.15, 0.2) is 11.5 Å². The van der Waals surface area contributed by atoms with Gasteiger partial charge in [-0.15, -0.1) is 0 Å². The molecule has 36 heavy (non-hydrogen) atoms. The van der Waals surface area contributed by atoms with Crippen molar-refractivity contribution in [3.8, 4) is 28.7 Å². The van der Waals surface area contributed by atoms with E-state index in [1.54, 1.807) is 21.3 Å². The van der Waals surface area contributed by atoms with E-state index in [2.05, 4.69) is 58.1 Å². The number of para-hydroxylation sites is 1. The Bertz CT molecular complexity index is 1280. The molecule has 4 aromatic rings. The first-order chi connectivity index (χ1) is 17.7. The predicted octanol–water partition coefficient (Wildman–Crippen LogP) is 6.30. The summed E-state index contributed by atoms with van der Waals surface area (Å²) in [6.07, 6.45) is 3.22. The molecule has 0 unspecified atom stereocenters. The topological polar surface area (TPSA) is 45.1 Å². The number of fused-ring (bicyclic) bond motifs is 1. The van der Waals surface area contributed by atoms with Gasteiger partial charge in [0.25, 0.3) is 0 Å². The van der Waals surface area contributed by atoms with E-state index in [-0.39, 0.29) is 6.04 Å². The number of ether oxygens (including phenoxy) is 4. The van der Waals surface area contributed by atoms with Gasteiger partial charge < -0.3 is 23.5 Å². The first-order valence-electron chi connectivity index (χ1n) is 12.2. The van der Waals surface area contributed by atoms with Crippen molar-refractivity contribution >= 4 is 0 Å². The smallest absolute Gasteiger partial charge is 0.203 e. The minimum absolute atomic E-state index is 0.0231. The van der Waals surface area contributed by atoms with Crippen molar-refractivity contribution in [3.05, 3.63) is 102 Å². The van der Waals surface area contributed by atoms with E-state index in [4.69, 9.17) is 18.9 Å². The van der Waals surface area contributed by atoms with Crippen molar-refractivity contribution in [3.63, 3.8) is 0 Å². The van der Waals surface area contributed by atoms with Crippen molar-refractivity contribution in [2.45, 2.75) is 25.6 Å². The van der Waals surface area contributed by atoms with Gasteiger partial charge in [-0.25, -0.2) is 0 Å². The van der Waals surface area contributed by atoms with E-state index >= 15 is 0 Å². The molecular formula is C30H32N2O4. The van der Waals surface area contributed by atoms with Crippen LogP contribution in [0.3, 0.4) is 0 Å². The molecule has 0 aliphatic carbocycles. The van der Waals surface area contributed by atoms with Crippen molar-refractivity contribution < 1.29 is 18.9 Å². The Hall–Kier alpha value is -3.90. The van der Waals surface area contributed by atoms with E-state index in [1.165, 1.54) is 11.3 Å². The molecular weight excluding hydrogens is 452 g/mol. The minimum atomic E-state index is 0.0231. The maximum absolute atomic E-state index is 6.10. The fourth-order valence-electron chi connectivity index (χ4n) is 5.02. The molecule has 0 amide bonds. The summed E-state index contributed by atoms with van der Waals surface area (Å²) >= 11 is 0. The number of benzene rings is 3. The normalized spacial score (nSPS) is 15.6. The van der Waals surface area contributed by atoms with Crippen LogP contribution in [0.1, 0.15) is 29.3 Å². The molecule has 0 bridgehead atoms. The average Bonchev–Trinajstić information content (AvgIpc) is 3.29. The molecule has 3 aromatic carbocycles. The number of nitrogens with zero attached hydrogens (tertiary/aromatic N) is 2. The zero-order chi connectivity index (χ0) is 24.9. The van der Waals surface area contributed by atoms with Crippen LogP contribution in [0.4, 0.5) is 0 Å². The Kier molecular flexibility index (Phi) is 7.14. The molecule has 1 aliphatic rings. The van der Waals surface area contributed by atoms with Crippen LogP contribution in [0.25, 0.3) is 0 Å². The van der Waals surface area contributed by atoms with Crippen LogP contribution >= 0.6 is 0 Å². The molecule has 1 aromatic heterocycles. The van der Waals surface area contributed by atoms with E-state index in [0.29, 0.717) is 17.2 Å².